The zero-order chi connectivity index (χ0) is 28.8. The van der Waals surface area contributed by atoms with Crippen LogP contribution in [0, 0.1) is 5.82 Å². The minimum absolute atomic E-state index is 0.00476. The first-order valence-electron chi connectivity index (χ1n) is 12.6. The molecular formula is C28H22ClF2N7O3. The largest absolute Gasteiger partial charge is 0.364 e. The number of aromatic nitrogens is 4. The lowest BCUT2D eigenvalue weighted by Crippen LogP contribution is -2.44. The van der Waals surface area contributed by atoms with Crippen molar-refractivity contribution in [3.8, 4) is 11.1 Å². The highest BCUT2D eigenvalue weighted by Gasteiger charge is 2.40. The van der Waals surface area contributed by atoms with Gasteiger partial charge >= 0.3 is 0 Å². The van der Waals surface area contributed by atoms with E-state index in [1.165, 1.54) is 23.0 Å². The average molecular weight is 578 g/mol. The molecule has 4 N–H and O–H groups in total. The van der Waals surface area contributed by atoms with Crippen LogP contribution in [0.4, 0.5) is 14.5 Å². The molecule has 6 rings (SSSR count). The standard InChI is InChI=1S/C28H22ClF2N7O3/c29-24-15(8-9-19-18(24)11-33-35-19)16-5-3-6-20(25(16)31)34-28(41)22-10-14(30)12-37(22)23(39)13-38-21-7-2-1-4-17(21)26(36-38)27(32)40/h1-9,11,14,22H,10,12-13H2,(H2,32,40)(H,33,35)(H,34,41)/t14-,22+/m1/s1. The molecule has 1 fully saturated rings. The molecule has 41 heavy (non-hydrogen) atoms. The van der Waals surface area contributed by atoms with Gasteiger partial charge in [0.25, 0.3) is 5.91 Å². The Kier molecular flexibility index (Phi) is 6.62. The molecule has 1 aliphatic heterocycles. The van der Waals surface area contributed by atoms with Gasteiger partial charge in [0.1, 0.15) is 18.8 Å². The number of aromatic amines is 1. The molecule has 1 saturated heterocycles. The Morgan fingerprint density at radius 3 is 2.68 bits per heavy atom. The van der Waals surface area contributed by atoms with Crippen LogP contribution in [-0.4, -0.2) is 61.4 Å². The maximum absolute atomic E-state index is 15.6. The van der Waals surface area contributed by atoms with Crippen molar-refractivity contribution >= 4 is 56.8 Å². The van der Waals surface area contributed by atoms with Crippen LogP contribution in [-0.2, 0) is 16.1 Å². The number of fused-ring (bicyclic) bond motifs is 2. The van der Waals surface area contributed by atoms with Crippen LogP contribution in [0.3, 0.4) is 0 Å². The topological polar surface area (TPSA) is 139 Å². The minimum Gasteiger partial charge on any atom is -0.364 e. The Balaban J connectivity index is 1.24. The van der Waals surface area contributed by atoms with E-state index >= 15 is 4.39 Å². The lowest BCUT2D eigenvalue weighted by Gasteiger charge is -2.24. The second-order valence-electron chi connectivity index (χ2n) is 9.70. The van der Waals surface area contributed by atoms with Gasteiger partial charge in [0.05, 0.1) is 34.5 Å². The maximum Gasteiger partial charge on any atom is 0.269 e. The Labute approximate surface area is 236 Å². The van der Waals surface area contributed by atoms with Gasteiger partial charge in [-0.3, -0.25) is 24.2 Å². The van der Waals surface area contributed by atoms with Crippen molar-refractivity contribution < 1.29 is 23.2 Å². The maximum atomic E-state index is 15.6. The fourth-order valence-electron chi connectivity index (χ4n) is 5.20. The number of nitrogens with two attached hydrogens (primary N) is 1. The highest BCUT2D eigenvalue weighted by molar-refractivity contribution is 6.38. The van der Waals surface area contributed by atoms with Crippen LogP contribution in [0.15, 0.2) is 60.8 Å². The molecule has 2 atom stereocenters. The number of benzene rings is 3. The number of primary amides is 1. The fourth-order valence-corrected chi connectivity index (χ4v) is 5.52. The summed E-state index contributed by atoms with van der Waals surface area (Å²) in [5, 5.41) is 14.8. The van der Waals surface area contributed by atoms with E-state index in [4.69, 9.17) is 17.3 Å². The highest BCUT2D eigenvalue weighted by atomic mass is 35.5. The molecule has 0 spiro atoms. The van der Waals surface area contributed by atoms with E-state index in [0.717, 1.165) is 4.90 Å². The summed E-state index contributed by atoms with van der Waals surface area (Å²) in [5.74, 6) is -2.83. The van der Waals surface area contributed by atoms with E-state index in [9.17, 15) is 18.8 Å². The van der Waals surface area contributed by atoms with Gasteiger partial charge in [-0.1, -0.05) is 48.0 Å². The van der Waals surface area contributed by atoms with Crippen LogP contribution >= 0.6 is 11.6 Å². The SMILES string of the molecule is NC(=O)c1nn(CC(=O)N2C[C@H](F)C[C@H]2C(=O)Nc2cccc(-c3ccc4[nH]ncc4c3Cl)c2F)c2ccccc12. The van der Waals surface area contributed by atoms with E-state index in [2.05, 4.69) is 20.6 Å². The van der Waals surface area contributed by atoms with Gasteiger partial charge in [-0.15, -0.1) is 0 Å². The molecule has 3 amide bonds. The third-order valence-corrected chi connectivity index (χ3v) is 7.56. The predicted octanol–water partition coefficient (Wildman–Crippen LogP) is 4.05. The molecule has 0 aliphatic carbocycles. The smallest absolute Gasteiger partial charge is 0.269 e. The number of rotatable bonds is 6. The molecule has 0 saturated carbocycles. The second-order valence-corrected chi connectivity index (χ2v) is 10.1. The van der Waals surface area contributed by atoms with Crippen LogP contribution in [0.2, 0.25) is 5.02 Å². The van der Waals surface area contributed by atoms with Gasteiger partial charge in [-0.25, -0.2) is 8.78 Å². The first kappa shape index (κ1) is 26.4. The van der Waals surface area contributed by atoms with Crippen LogP contribution in [0.1, 0.15) is 16.9 Å². The monoisotopic (exact) mass is 577 g/mol. The molecule has 0 radical (unpaired) electrons. The van der Waals surface area contributed by atoms with E-state index in [1.807, 2.05) is 0 Å². The fraction of sp³-hybridized carbons (Fsp3) is 0.179. The molecule has 208 valence electrons. The van der Waals surface area contributed by atoms with Crippen LogP contribution in [0.25, 0.3) is 32.9 Å². The van der Waals surface area contributed by atoms with Crippen molar-refractivity contribution in [2.24, 2.45) is 5.73 Å². The van der Waals surface area contributed by atoms with Gasteiger partial charge in [-0.2, -0.15) is 10.2 Å². The van der Waals surface area contributed by atoms with E-state index < -0.39 is 35.8 Å². The molecule has 10 nitrogen and oxygen atoms in total. The van der Waals surface area contributed by atoms with Gasteiger partial charge in [0.15, 0.2) is 11.5 Å². The average Bonchev–Trinajstić information content (AvgIpc) is 3.68. The number of likely N-dealkylation sites (tertiary alicyclic amines) is 1. The van der Waals surface area contributed by atoms with E-state index in [1.54, 1.807) is 42.5 Å². The summed E-state index contributed by atoms with van der Waals surface area (Å²) >= 11 is 6.51. The van der Waals surface area contributed by atoms with Crippen molar-refractivity contribution in [3.05, 3.63) is 77.3 Å². The summed E-state index contributed by atoms with van der Waals surface area (Å²) in [4.78, 5) is 39.5. The van der Waals surface area contributed by atoms with Crippen molar-refractivity contribution in [3.63, 3.8) is 0 Å². The zero-order valence-electron chi connectivity index (χ0n) is 21.3. The molecule has 0 bridgehead atoms. The molecule has 13 heteroatoms. The molecule has 5 aromatic rings. The molecule has 2 aromatic heterocycles. The Bertz CT molecular complexity index is 1850. The van der Waals surface area contributed by atoms with Crippen LogP contribution < -0.4 is 11.1 Å². The molecule has 3 heterocycles. The van der Waals surface area contributed by atoms with Crippen LogP contribution in [0.5, 0.6) is 0 Å². The quantitative estimate of drug-likeness (QED) is 0.279. The number of hydrogen-bond acceptors (Lipinski definition) is 5. The summed E-state index contributed by atoms with van der Waals surface area (Å²) in [6, 6.07) is 13.3. The second kappa shape index (κ2) is 10.3. The lowest BCUT2D eigenvalue weighted by atomic mass is 10.0. The summed E-state index contributed by atoms with van der Waals surface area (Å²) < 4.78 is 31.5. The molecular weight excluding hydrogens is 556 g/mol. The predicted molar refractivity (Wildman–Crippen MR) is 148 cm³/mol. The summed E-state index contributed by atoms with van der Waals surface area (Å²) in [6.45, 7) is -0.676. The third kappa shape index (κ3) is 4.65. The highest BCUT2D eigenvalue weighted by Crippen LogP contribution is 2.37. The number of alkyl halides is 1. The number of carbonyl (C=O) groups is 3. The third-order valence-electron chi connectivity index (χ3n) is 7.15. The minimum atomic E-state index is -1.46. The van der Waals surface area contributed by atoms with Gasteiger partial charge in [0.2, 0.25) is 11.8 Å². The number of nitrogens with zero attached hydrogens (tertiary/aromatic N) is 4. The summed E-state index contributed by atoms with van der Waals surface area (Å²) in [6.07, 6.45) is -0.180. The van der Waals surface area contributed by atoms with Crippen molar-refractivity contribution in [1.82, 2.24) is 24.9 Å². The van der Waals surface area contributed by atoms with Crippen molar-refractivity contribution in [2.45, 2.75) is 25.2 Å². The first-order chi connectivity index (χ1) is 19.7. The molecule has 3 aromatic carbocycles. The Hall–Kier alpha value is -4.84. The first-order valence-corrected chi connectivity index (χ1v) is 13.0. The van der Waals surface area contributed by atoms with Gasteiger partial charge in [-0.05, 0) is 18.2 Å². The number of nitrogens with one attached hydrogen (secondary N) is 2. The van der Waals surface area contributed by atoms with E-state index in [-0.39, 0.29) is 41.5 Å². The Morgan fingerprint density at radius 1 is 1.07 bits per heavy atom. The number of hydrogen-bond donors (Lipinski definition) is 3. The zero-order valence-corrected chi connectivity index (χ0v) is 22.0. The molecule has 0 unspecified atom stereocenters. The molecule has 1 aliphatic rings. The summed E-state index contributed by atoms with van der Waals surface area (Å²) in [7, 11) is 0. The summed E-state index contributed by atoms with van der Waals surface area (Å²) in [5.41, 5.74) is 7.00. The number of para-hydroxylation sites is 1. The van der Waals surface area contributed by atoms with Gasteiger partial charge < -0.3 is 16.0 Å². The normalized spacial score (nSPS) is 16.9. The number of carbonyl (C=O) groups excluding carboxylic acids is 3. The van der Waals surface area contributed by atoms with Crippen molar-refractivity contribution in [2.75, 3.05) is 11.9 Å². The Morgan fingerprint density at radius 2 is 1.88 bits per heavy atom. The number of amides is 3. The van der Waals surface area contributed by atoms with Gasteiger partial charge in [0, 0.05) is 28.3 Å². The number of halogens is 3. The lowest BCUT2D eigenvalue weighted by molar-refractivity contribution is -0.137. The van der Waals surface area contributed by atoms with E-state index in [0.29, 0.717) is 27.4 Å². The van der Waals surface area contributed by atoms with Crippen molar-refractivity contribution in [1.29, 1.82) is 0 Å². The number of anilines is 1. The number of H-pyrrole nitrogens is 1.